The van der Waals surface area contributed by atoms with Crippen LogP contribution in [0, 0.1) is 0 Å². The zero-order chi connectivity index (χ0) is 14.5. The Kier molecular flexibility index (Phi) is 4.57. The number of halogens is 1. The van der Waals surface area contributed by atoms with Gasteiger partial charge in [-0.05, 0) is 5.56 Å². The molecule has 2 aromatic rings. The van der Waals surface area contributed by atoms with Crippen molar-refractivity contribution in [2.45, 2.75) is 6.61 Å². The third-order valence-electron chi connectivity index (χ3n) is 2.38. The highest BCUT2D eigenvalue weighted by atomic mass is 79.9. The molecule has 0 aliphatic heterocycles. The standard InChI is InChI=1S/C12H13BrN4O3/c1-16(2)17-10(13)11(20-15-17)14-12(18)19-8-9-6-4-3-5-7-9/h3-7H,8H2,1-2H3/p+1. The van der Waals surface area contributed by atoms with Gasteiger partial charge in [0.25, 0.3) is 0 Å². The number of nitrogens with zero attached hydrogens (tertiary/aromatic N) is 3. The van der Waals surface area contributed by atoms with E-state index in [4.69, 9.17) is 9.26 Å². The van der Waals surface area contributed by atoms with Gasteiger partial charge in [-0.25, -0.2) is 4.79 Å². The summed E-state index contributed by atoms with van der Waals surface area (Å²) in [6.07, 6.45) is -0.614. The fourth-order valence-corrected chi connectivity index (χ4v) is 1.97. The zero-order valence-electron chi connectivity index (χ0n) is 11.0. The van der Waals surface area contributed by atoms with Crippen LogP contribution in [-0.2, 0) is 11.3 Å². The quantitative estimate of drug-likeness (QED) is 0.856. The fraction of sp³-hybridized carbons (Fsp3) is 0.250. The van der Waals surface area contributed by atoms with Crippen molar-refractivity contribution in [1.82, 2.24) is 5.27 Å². The molecule has 8 heteroatoms. The Morgan fingerprint density at radius 3 is 2.75 bits per heavy atom. The van der Waals surface area contributed by atoms with Crippen molar-refractivity contribution >= 4 is 27.9 Å². The topological polar surface area (TPSA) is 71.5 Å². The predicted octanol–water partition coefficient (Wildman–Crippen LogP) is 1.67. The third-order valence-corrected chi connectivity index (χ3v) is 3.06. The highest BCUT2D eigenvalue weighted by molar-refractivity contribution is 9.10. The predicted molar refractivity (Wildman–Crippen MR) is 74.7 cm³/mol. The molecule has 0 bridgehead atoms. The van der Waals surface area contributed by atoms with Crippen molar-refractivity contribution in [3.63, 3.8) is 0 Å². The lowest BCUT2D eigenvalue weighted by Crippen LogP contribution is -2.55. The van der Waals surface area contributed by atoms with Crippen molar-refractivity contribution in [3.05, 3.63) is 40.5 Å². The van der Waals surface area contributed by atoms with Crippen LogP contribution in [0.1, 0.15) is 5.56 Å². The van der Waals surface area contributed by atoms with Gasteiger partial charge in [-0.3, -0.25) is 9.84 Å². The first-order chi connectivity index (χ1) is 9.58. The van der Waals surface area contributed by atoms with E-state index < -0.39 is 6.09 Å². The van der Waals surface area contributed by atoms with E-state index in [1.807, 2.05) is 30.3 Å². The van der Waals surface area contributed by atoms with Crippen LogP contribution < -0.4 is 15.1 Å². The Bertz CT molecular complexity index is 586. The zero-order valence-corrected chi connectivity index (χ0v) is 12.6. The molecule has 0 aliphatic rings. The SMILES string of the molecule is CN(C)[n+]1noc(NC(=O)OCc2ccccc2)c1Br. The average molecular weight is 342 g/mol. The fourth-order valence-electron chi connectivity index (χ4n) is 1.42. The number of rotatable bonds is 4. The highest BCUT2D eigenvalue weighted by Crippen LogP contribution is 2.17. The van der Waals surface area contributed by atoms with Crippen LogP contribution in [0.15, 0.2) is 39.5 Å². The summed E-state index contributed by atoms with van der Waals surface area (Å²) < 4.78 is 10.6. The Morgan fingerprint density at radius 2 is 2.15 bits per heavy atom. The van der Waals surface area contributed by atoms with E-state index in [0.29, 0.717) is 4.60 Å². The van der Waals surface area contributed by atoms with Gasteiger partial charge in [-0.2, -0.15) is 5.01 Å². The van der Waals surface area contributed by atoms with Gasteiger partial charge < -0.3 is 4.74 Å². The Hall–Kier alpha value is -2.09. The van der Waals surface area contributed by atoms with Crippen LogP contribution in [0.25, 0.3) is 0 Å². The second-order valence-electron chi connectivity index (χ2n) is 4.12. The number of hydrogen-bond donors (Lipinski definition) is 1. The average Bonchev–Trinajstić information content (AvgIpc) is 2.79. The largest absolute Gasteiger partial charge is 0.444 e. The molecule has 0 aliphatic carbocycles. The van der Waals surface area contributed by atoms with Crippen LogP contribution in [0.5, 0.6) is 0 Å². The maximum Gasteiger partial charge on any atom is 0.414 e. The molecule has 0 fully saturated rings. The molecular weight excluding hydrogens is 328 g/mol. The summed E-state index contributed by atoms with van der Waals surface area (Å²) in [4.78, 5) is 13.1. The van der Waals surface area contributed by atoms with Crippen LogP contribution in [0.4, 0.5) is 10.7 Å². The third kappa shape index (κ3) is 3.47. The summed E-state index contributed by atoms with van der Waals surface area (Å²) in [5.41, 5.74) is 0.905. The number of amides is 1. The van der Waals surface area contributed by atoms with Crippen molar-refractivity contribution < 1.29 is 18.8 Å². The first kappa shape index (κ1) is 14.3. The van der Waals surface area contributed by atoms with Gasteiger partial charge in [0.15, 0.2) is 0 Å². The molecule has 1 amide bonds. The van der Waals surface area contributed by atoms with E-state index in [2.05, 4.69) is 26.5 Å². The summed E-state index contributed by atoms with van der Waals surface area (Å²) in [7, 11) is 3.57. The summed E-state index contributed by atoms with van der Waals surface area (Å²) >= 11 is 3.27. The van der Waals surface area contributed by atoms with Crippen LogP contribution in [0.2, 0.25) is 0 Å². The van der Waals surface area contributed by atoms with Crippen LogP contribution >= 0.6 is 15.9 Å². The van der Waals surface area contributed by atoms with Gasteiger partial charge in [0.05, 0.1) is 18.9 Å². The Balaban J connectivity index is 1.92. The van der Waals surface area contributed by atoms with E-state index >= 15 is 0 Å². The summed E-state index contributed by atoms with van der Waals surface area (Å²) in [5, 5.41) is 7.88. The van der Waals surface area contributed by atoms with Crippen molar-refractivity contribution in [1.29, 1.82) is 0 Å². The highest BCUT2D eigenvalue weighted by Gasteiger charge is 2.26. The maximum atomic E-state index is 11.7. The minimum atomic E-state index is -0.614. The number of carbonyl (C=O) groups excluding carboxylic acids is 1. The summed E-state index contributed by atoms with van der Waals surface area (Å²) in [6, 6.07) is 9.40. The van der Waals surface area contributed by atoms with Crippen molar-refractivity contribution in [3.8, 4) is 0 Å². The van der Waals surface area contributed by atoms with Crippen LogP contribution in [-0.4, -0.2) is 25.5 Å². The number of benzene rings is 1. The lowest BCUT2D eigenvalue weighted by molar-refractivity contribution is -0.762. The molecule has 0 atom stereocenters. The molecular formula is C12H14BrN4O3+. The monoisotopic (exact) mass is 341 g/mol. The molecule has 1 aromatic carbocycles. The first-order valence-corrected chi connectivity index (χ1v) is 6.60. The van der Waals surface area contributed by atoms with E-state index in [1.165, 1.54) is 4.79 Å². The number of carbonyl (C=O) groups is 1. The molecule has 20 heavy (non-hydrogen) atoms. The van der Waals surface area contributed by atoms with Gasteiger partial charge in [0.1, 0.15) is 6.61 Å². The molecule has 0 unspecified atom stereocenters. The Labute approximate surface area is 124 Å². The minimum Gasteiger partial charge on any atom is -0.444 e. The smallest absolute Gasteiger partial charge is 0.414 e. The molecule has 1 heterocycles. The summed E-state index contributed by atoms with van der Waals surface area (Å²) in [5.74, 6) is 0.178. The number of aromatic nitrogens is 2. The molecule has 0 radical (unpaired) electrons. The maximum absolute atomic E-state index is 11.7. The molecule has 1 aromatic heterocycles. The lowest BCUT2D eigenvalue weighted by atomic mass is 10.2. The molecule has 0 saturated carbocycles. The normalized spacial score (nSPS) is 10.2. The van der Waals surface area contributed by atoms with Gasteiger partial charge in [-0.1, -0.05) is 30.3 Å². The van der Waals surface area contributed by atoms with Gasteiger partial charge in [0, 0.05) is 15.9 Å². The lowest BCUT2D eigenvalue weighted by Gasteiger charge is -2.03. The Morgan fingerprint density at radius 1 is 1.45 bits per heavy atom. The van der Waals surface area contributed by atoms with Crippen molar-refractivity contribution in [2.75, 3.05) is 24.4 Å². The van der Waals surface area contributed by atoms with E-state index in [0.717, 1.165) is 5.56 Å². The number of hydrogen-bond acceptors (Lipinski definition) is 5. The van der Waals surface area contributed by atoms with Gasteiger partial charge in [-0.15, -0.1) is 0 Å². The van der Waals surface area contributed by atoms with Crippen LogP contribution in [0.3, 0.4) is 0 Å². The first-order valence-electron chi connectivity index (χ1n) is 5.80. The summed E-state index contributed by atoms with van der Waals surface area (Å²) in [6.45, 7) is 0.187. The number of anilines is 1. The number of nitrogens with one attached hydrogen (secondary N) is 1. The minimum absolute atomic E-state index is 0.178. The molecule has 7 nitrogen and oxygen atoms in total. The molecule has 2 rings (SSSR count). The second-order valence-corrected chi connectivity index (χ2v) is 4.87. The molecule has 1 N–H and O–H groups in total. The molecule has 0 spiro atoms. The van der Waals surface area contributed by atoms with E-state index in [1.54, 1.807) is 19.1 Å². The van der Waals surface area contributed by atoms with E-state index in [9.17, 15) is 4.79 Å². The molecule has 106 valence electrons. The van der Waals surface area contributed by atoms with Gasteiger partial charge in [0.2, 0.25) is 5.27 Å². The second kappa shape index (κ2) is 6.38. The van der Waals surface area contributed by atoms with Gasteiger partial charge >= 0.3 is 16.6 Å². The molecule has 0 saturated heterocycles. The van der Waals surface area contributed by atoms with E-state index in [-0.39, 0.29) is 12.5 Å². The van der Waals surface area contributed by atoms with Crippen molar-refractivity contribution in [2.24, 2.45) is 0 Å². The number of ether oxygens (including phenoxy) is 1.